The molecule has 0 aromatic carbocycles. The Morgan fingerprint density at radius 3 is 2.77 bits per heavy atom. The molecule has 162 valence electrons. The highest BCUT2D eigenvalue weighted by atomic mass is 16.5. The molecule has 9 nitrogen and oxygen atoms in total. The van der Waals surface area contributed by atoms with Crippen LogP contribution in [0.1, 0.15) is 32.4 Å². The van der Waals surface area contributed by atoms with E-state index in [0.717, 1.165) is 15.6 Å². The van der Waals surface area contributed by atoms with Gasteiger partial charge in [0.1, 0.15) is 17.8 Å². The van der Waals surface area contributed by atoms with Crippen LogP contribution in [-0.2, 0) is 23.1 Å². The summed E-state index contributed by atoms with van der Waals surface area (Å²) in [6, 6.07) is 1.65. The fourth-order valence-electron chi connectivity index (χ4n) is 2.95. The van der Waals surface area contributed by atoms with Gasteiger partial charge in [0.2, 0.25) is 5.71 Å². The van der Waals surface area contributed by atoms with Crippen LogP contribution in [0.5, 0.6) is 0 Å². The second-order valence-electron chi connectivity index (χ2n) is 6.86. The molecule has 3 heterocycles. The maximum absolute atomic E-state index is 12.9. The second kappa shape index (κ2) is 9.38. The highest BCUT2D eigenvalue weighted by molar-refractivity contribution is 5.85. The highest BCUT2D eigenvalue weighted by Gasteiger charge is 2.19. The molecule has 0 aliphatic carbocycles. The molecule has 0 radical (unpaired) electrons. The van der Waals surface area contributed by atoms with E-state index in [4.69, 9.17) is 9.15 Å². The average Bonchev–Trinajstić information content (AvgIpc) is 3.17. The molecule has 0 spiro atoms. The molecule has 0 fully saturated rings. The van der Waals surface area contributed by atoms with Crippen molar-refractivity contribution >= 4 is 33.9 Å². The number of carbonyl (C=O) groups excluding carboxylic acids is 1. The monoisotopic (exact) mass is 424 g/mol. The molecule has 0 amide bonds. The number of allylic oxidation sites excluding steroid dienone is 5. The summed E-state index contributed by atoms with van der Waals surface area (Å²) in [5.41, 5.74) is -0.132. The zero-order valence-electron chi connectivity index (χ0n) is 17.8. The summed E-state index contributed by atoms with van der Waals surface area (Å²) >= 11 is 0. The van der Waals surface area contributed by atoms with Crippen LogP contribution in [0.3, 0.4) is 0 Å². The van der Waals surface area contributed by atoms with Crippen molar-refractivity contribution in [2.45, 2.75) is 33.2 Å². The Labute approximate surface area is 178 Å². The van der Waals surface area contributed by atoms with Crippen LogP contribution >= 0.6 is 0 Å². The first kappa shape index (κ1) is 21.9. The van der Waals surface area contributed by atoms with Crippen molar-refractivity contribution in [2.24, 2.45) is 7.05 Å². The number of hydrogen-bond acceptors (Lipinski definition) is 7. The van der Waals surface area contributed by atoms with Gasteiger partial charge in [0.15, 0.2) is 11.2 Å². The predicted molar refractivity (Wildman–Crippen MR) is 118 cm³/mol. The van der Waals surface area contributed by atoms with Gasteiger partial charge in [-0.3, -0.25) is 14.2 Å². The van der Waals surface area contributed by atoms with E-state index in [1.165, 1.54) is 7.05 Å². The van der Waals surface area contributed by atoms with Gasteiger partial charge in [0.05, 0.1) is 6.61 Å². The number of hydrogen-bond donors (Lipinski definition) is 0. The van der Waals surface area contributed by atoms with Gasteiger partial charge in [-0.1, -0.05) is 44.2 Å². The first-order chi connectivity index (χ1) is 14.9. The minimum atomic E-state index is -0.712. The van der Waals surface area contributed by atoms with E-state index in [1.807, 2.05) is 32.1 Å². The van der Waals surface area contributed by atoms with E-state index in [0.29, 0.717) is 23.3 Å². The minimum Gasteiger partial charge on any atom is -0.464 e. The first-order valence-electron chi connectivity index (χ1n) is 9.93. The molecular weight excluding hydrogens is 400 g/mol. The third-order valence-electron chi connectivity index (χ3n) is 4.65. The summed E-state index contributed by atoms with van der Waals surface area (Å²) in [6.45, 7) is 7.37. The number of aryl methyl sites for hydroxylation is 1. The number of esters is 1. The summed E-state index contributed by atoms with van der Waals surface area (Å²) in [4.78, 5) is 46.3. The van der Waals surface area contributed by atoms with Crippen molar-refractivity contribution in [1.29, 1.82) is 0 Å². The molecule has 9 heteroatoms. The normalized spacial score (nSPS) is 12.2. The summed E-state index contributed by atoms with van der Waals surface area (Å²) in [7, 11) is 1.45. The Hall–Kier alpha value is -3.75. The highest BCUT2D eigenvalue weighted by Crippen LogP contribution is 2.24. The largest absolute Gasteiger partial charge is 0.464 e. The lowest BCUT2D eigenvalue weighted by atomic mass is 10.2. The number of carbonyl (C=O) groups is 1. The molecule has 0 atom stereocenters. The van der Waals surface area contributed by atoms with Crippen LogP contribution < -0.4 is 11.2 Å². The zero-order valence-corrected chi connectivity index (χ0v) is 17.8. The topological polar surface area (TPSA) is 109 Å². The molecule has 0 aliphatic rings. The van der Waals surface area contributed by atoms with E-state index in [-0.39, 0.29) is 23.5 Å². The molecule has 3 rings (SSSR count). The summed E-state index contributed by atoms with van der Waals surface area (Å²) in [5.74, 6) is -0.181. The Balaban J connectivity index is 2.11. The number of rotatable bonds is 8. The van der Waals surface area contributed by atoms with E-state index in [9.17, 15) is 14.4 Å². The number of fused-ring (bicyclic) bond motifs is 2. The molecule has 3 aromatic heterocycles. The smallest absolute Gasteiger partial charge is 0.333 e. The van der Waals surface area contributed by atoms with Crippen molar-refractivity contribution in [2.75, 3.05) is 6.61 Å². The number of furan rings is 1. The Kier molecular flexibility index (Phi) is 6.64. The first-order valence-corrected chi connectivity index (χ1v) is 9.93. The Morgan fingerprint density at radius 2 is 2.10 bits per heavy atom. The van der Waals surface area contributed by atoms with Crippen LogP contribution in [0.2, 0.25) is 0 Å². The van der Waals surface area contributed by atoms with Crippen LogP contribution in [0.15, 0.2) is 51.0 Å². The molecule has 0 saturated carbocycles. The number of nitrogens with zero attached hydrogens (tertiary/aromatic N) is 4. The minimum absolute atomic E-state index is 0.0408. The van der Waals surface area contributed by atoms with E-state index in [2.05, 4.69) is 16.5 Å². The van der Waals surface area contributed by atoms with Crippen molar-refractivity contribution in [3.8, 4) is 0 Å². The van der Waals surface area contributed by atoms with Crippen LogP contribution in [0, 0.1) is 0 Å². The van der Waals surface area contributed by atoms with Crippen LogP contribution in [-0.4, -0.2) is 31.7 Å². The predicted octanol–water partition coefficient (Wildman–Crippen LogP) is 2.73. The molecular formula is C22H24N4O5. The van der Waals surface area contributed by atoms with Gasteiger partial charge < -0.3 is 9.15 Å². The third-order valence-corrected chi connectivity index (χ3v) is 4.65. The zero-order chi connectivity index (χ0) is 22.5. The van der Waals surface area contributed by atoms with Gasteiger partial charge in [-0.25, -0.2) is 14.3 Å². The van der Waals surface area contributed by atoms with Gasteiger partial charge in [-0.05, 0) is 13.3 Å². The van der Waals surface area contributed by atoms with Gasteiger partial charge in [-0.15, -0.1) is 0 Å². The molecule has 3 aromatic rings. The summed E-state index contributed by atoms with van der Waals surface area (Å²) in [5, 5.41) is 0. The number of unbranched alkanes of at least 4 members (excludes halogenated alkanes) is 1. The maximum Gasteiger partial charge on any atom is 0.333 e. The SMILES string of the molecule is C=C/C(=C\C=C/C)c1cc2nc3c(=O)n(CC(=O)OCCCC)c(=O)n(C)c3nc2o1. The fraction of sp³-hybridized carbons (Fsp3) is 0.318. The summed E-state index contributed by atoms with van der Waals surface area (Å²) < 4.78 is 12.8. The van der Waals surface area contributed by atoms with Gasteiger partial charge in [0, 0.05) is 18.7 Å². The van der Waals surface area contributed by atoms with E-state index in [1.54, 1.807) is 12.1 Å². The molecule has 0 aliphatic heterocycles. The van der Waals surface area contributed by atoms with Crippen LogP contribution in [0.25, 0.3) is 28.0 Å². The van der Waals surface area contributed by atoms with Gasteiger partial charge >= 0.3 is 11.7 Å². The number of ether oxygens (including phenoxy) is 1. The molecule has 0 bridgehead atoms. The van der Waals surface area contributed by atoms with Gasteiger partial charge in [-0.2, -0.15) is 4.98 Å². The maximum atomic E-state index is 12.9. The van der Waals surface area contributed by atoms with Crippen molar-refractivity contribution < 1.29 is 13.9 Å². The van der Waals surface area contributed by atoms with E-state index < -0.39 is 23.8 Å². The molecule has 31 heavy (non-hydrogen) atoms. The quantitative estimate of drug-likeness (QED) is 0.311. The molecule has 0 saturated heterocycles. The van der Waals surface area contributed by atoms with E-state index >= 15 is 0 Å². The lowest BCUT2D eigenvalue weighted by molar-refractivity contribution is -0.144. The Bertz CT molecular complexity index is 1320. The van der Waals surface area contributed by atoms with Crippen molar-refractivity contribution in [3.05, 3.63) is 63.5 Å². The van der Waals surface area contributed by atoms with Crippen molar-refractivity contribution in [1.82, 2.24) is 19.1 Å². The molecule has 0 N–H and O–H groups in total. The average molecular weight is 424 g/mol. The van der Waals surface area contributed by atoms with Crippen LogP contribution in [0.4, 0.5) is 0 Å². The molecule has 0 unspecified atom stereocenters. The number of aromatic nitrogens is 4. The standard InChI is InChI=1S/C22H24N4O5/c1-5-8-10-14(7-3)16-12-15-20(31-16)24-19-18(23-15)21(28)26(22(29)25(19)4)13-17(27)30-11-9-6-2/h5,7-8,10,12H,3,6,9,11,13H2,1-2,4H3/b8-5-,14-10+. The third kappa shape index (κ3) is 4.40. The second-order valence-corrected chi connectivity index (χ2v) is 6.86. The summed E-state index contributed by atoms with van der Waals surface area (Å²) in [6.07, 6.45) is 8.71. The lowest BCUT2D eigenvalue weighted by Crippen LogP contribution is -2.41. The van der Waals surface area contributed by atoms with Crippen molar-refractivity contribution in [3.63, 3.8) is 0 Å². The lowest BCUT2D eigenvalue weighted by Gasteiger charge is -2.09. The Morgan fingerprint density at radius 1 is 1.32 bits per heavy atom. The van der Waals surface area contributed by atoms with Gasteiger partial charge in [0.25, 0.3) is 5.56 Å². The fourth-order valence-corrected chi connectivity index (χ4v) is 2.95.